The van der Waals surface area contributed by atoms with Crippen LogP contribution in [0.25, 0.3) is 108 Å². The summed E-state index contributed by atoms with van der Waals surface area (Å²) in [5, 5.41) is 43.2. The molecule has 246 valence electrons. The third-order valence-electron chi connectivity index (χ3n) is 17.7. The van der Waals surface area contributed by atoms with Crippen LogP contribution in [0.2, 0.25) is 0 Å². The molecule has 5 atom stereocenters. The van der Waals surface area contributed by atoms with Crippen LogP contribution in [0.3, 0.4) is 0 Å². The Morgan fingerprint density at radius 1 is 0.453 bits per heavy atom. The van der Waals surface area contributed by atoms with Crippen molar-refractivity contribution < 1.29 is 5.11 Å². The van der Waals surface area contributed by atoms with Gasteiger partial charge >= 0.3 is 0 Å². The number of phenols is 1. The third kappa shape index (κ3) is 1.95. The van der Waals surface area contributed by atoms with E-state index in [2.05, 4.69) is 56.1 Å². The smallest absolute Gasteiger partial charge is 0.118 e. The van der Waals surface area contributed by atoms with Crippen LogP contribution in [0.1, 0.15) is 117 Å². The van der Waals surface area contributed by atoms with Crippen molar-refractivity contribution in [2.24, 2.45) is 0 Å². The number of hydrogen-bond donors (Lipinski definition) is 1. The summed E-state index contributed by atoms with van der Waals surface area (Å²) in [6.07, 6.45) is 5.25. The van der Waals surface area contributed by atoms with Crippen molar-refractivity contribution in [1.82, 2.24) is 4.90 Å². The first-order valence-corrected chi connectivity index (χ1v) is 20.4. The maximum atomic E-state index is 10.8. The Bertz CT molecular complexity index is 3840. The number of rotatable bonds is 1. The van der Waals surface area contributed by atoms with Crippen LogP contribution in [-0.2, 0) is 6.54 Å². The molecule has 0 saturated heterocycles. The van der Waals surface area contributed by atoms with Crippen LogP contribution in [0.4, 0.5) is 0 Å². The van der Waals surface area contributed by atoms with E-state index in [9.17, 15) is 5.11 Å². The number of benzene rings is 9. The van der Waals surface area contributed by atoms with E-state index in [1.54, 1.807) is 125 Å². The molecule has 1 heterocycles. The van der Waals surface area contributed by atoms with E-state index in [0.717, 1.165) is 12.1 Å². The molecule has 5 aliphatic carbocycles. The first-order chi connectivity index (χ1) is 26.0. The van der Waals surface area contributed by atoms with Gasteiger partial charge in [0, 0.05) is 18.4 Å². The molecule has 53 heavy (non-hydrogen) atoms. The summed E-state index contributed by atoms with van der Waals surface area (Å²) in [6, 6.07) is 14.6. The molecule has 12 aromatic carbocycles. The topological polar surface area (TPSA) is 23.5 Å². The molecule has 2 heteroatoms. The van der Waals surface area contributed by atoms with Gasteiger partial charge in [0.15, 0.2) is 0 Å². The maximum Gasteiger partial charge on any atom is 0.118 e. The van der Waals surface area contributed by atoms with Gasteiger partial charge in [0.1, 0.15) is 5.75 Å². The van der Waals surface area contributed by atoms with Crippen molar-refractivity contribution in [1.29, 1.82) is 0 Å². The van der Waals surface area contributed by atoms with Crippen LogP contribution < -0.4 is 0 Å². The second-order valence-corrected chi connectivity index (χ2v) is 18.9. The Morgan fingerprint density at radius 2 is 0.981 bits per heavy atom. The Morgan fingerprint density at radius 3 is 1.77 bits per heavy atom. The minimum absolute atomic E-state index is 0.181. The molecule has 2 nitrogen and oxygen atoms in total. The van der Waals surface area contributed by atoms with Gasteiger partial charge in [-0.15, -0.1) is 0 Å². The number of phenolic OH excluding ortho intramolecular Hbond substituents is 1. The van der Waals surface area contributed by atoms with Crippen LogP contribution >= 0.6 is 0 Å². The molecule has 0 aromatic heterocycles. The van der Waals surface area contributed by atoms with E-state index >= 15 is 0 Å². The lowest BCUT2D eigenvalue weighted by atomic mass is 9.69. The van der Waals surface area contributed by atoms with Crippen LogP contribution in [0, 0.1) is 13.8 Å². The molecule has 0 saturated carbocycles. The van der Waals surface area contributed by atoms with Crippen molar-refractivity contribution in [3.8, 4) is 5.75 Å². The number of nitrogens with zero attached hydrogens (tertiary/aromatic N) is 1. The van der Waals surface area contributed by atoms with Crippen molar-refractivity contribution >= 4 is 108 Å². The summed E-state index contributed by atoms with van der Waals surface area (Å²) in [5.41, 5.74) is 17.4. The maximum absolute atomic E-state index is 10.8. The molecule has 1 aliphatic heterocycles. The van der Waals surface area contributed by atoms with E-state index in [0.29, 0.717) is 29.4 Å². The molecule has 0 amide bonds. The standard InChI is InChI=1S/C51H31NO/c1-15-16(2)27(53)13-12-17(15)51-38-26(14-52(51)3)28-24-10-8-22-20-6-4-18-19-5-7-21-23-9-11-25-36-34(23)42-32(21)30(19)40-29(18)31(20)41-33(22)35(24)43-39(28)45(37(25)38)44(36)50-48(42)46(40)47(41)49(43)50/h4,6,8,10,12-13,19,21,23,25,51,53H,5,7,9,11,14H2,1-3H3. The predicted octanol–water partition coefficient (Wildman–Crippen LogP) is 12.8. The molecular formula is C51H31NO. The highest BCUT2D eigenvalue weighted by molar-refractivity contribution is 6.63. The zero-order valence-electron chi connectivity index (χ0n) is 29.8. The Balaban J connectivity index is 1.21. The Hall–Kier alpha value is -5.18. The lowest BCUT2D eigenvalue weighted by Gasteiger charge is -2.35. The van der Waals surface area contributed by atoms with Gasteiger partial charge in [-0.25, -0.2) is 0 Å². The summed E-state index contributed by atoms with van der Waals surface area (Å²) in [7, 11) is 2.37. The van der Waals surface area contributed by atoms with Gasteiger partial charge in [-0.1, -0.05) is 30.3 Å². The van der Waals surface area contributed by atoms with Crippen LogP contribution in [0.5, 0.6) is 5.75 Å². The lowest BCUT2D eigenvalue weighted by Crippen LogP contribution is -2.21. The van der Waals surface area contributed by atoms with Crippen molar-refractivity contribution in [3.05, 3.63) is 97.6 Å². The monoisotopic (exact) mass is 673 g/mol. The van der Waals surface area contributed by atoms with Crippen molar-refractivity contribution in [2.45, 2.75) is 75.8 Å². The number of aromatic hydroxyl groups is 1. The van der Waals surface area contributed by atoms with Crippen molar-refractivity contribution in [3.63, 3.8) is 0 Å². The summed E-state index contributed by atoms with van der Waals surface area (Å²) >= 11 is 0. The van der Waals surface area contributed by atoms with Crippen LogP contribution in [0.15, 0.2) is 36.4 Å². The summed E-state index contributed by atoms with van der Waals surface area (Å²) < 4.78 is 0. The predicted molar refractivity (Wildman–Crippen MR) is 218 cm³/mol. The molecular weight excluding hydrogens is 643 g/mol. The highest BCUT2D eigenvalue weighted by Gasteiger charge is 2.53. The van der Waals surface area contributed by atoms with Gasteiger partial charge in [0.25, 0.3) is 0 Å². The van der Waals surface area contributed by atoms with E-state index in [1.165, 1.54) is 53.0 Å². The summed E-state index contributed by atoms with van der Waals surface area (Å²) in [5.74, 6) is 2.80. The molecule has 0 fully saturated rings. The van der Waals surface area contributed by atoms with Crippen LogP contribution in [-0.4, -0.2) is 17.1 Å². The highest BCUT2D eigenvalue weighted by Crippen LogP contribution is 2.74. The minimum Gasteiger partial charge on any atom is -0.508 e. The van der Waals surface area contributed by atoms with Gasteiger partial charge in [0.05, 0.1) is 6.04 Å². The van der Waals surface area contributed by atoms with Crippen molar-refractivity contribution in [2.75, 3.05) is 7.05 Å². The fraction of sp³-hybridized carbons (Fsp3) is 0.255. The fourth-order valence-electron chi connectivity index (χ4n) is 16.3. The second kappa shape index (κ2) is 6.85. The first-order valence-electron chi connectivity index (χ1n) is 20.4. The molecule has 0 spiro atoms. The summed E-state index contributed by atoms with van der Waals surface area (Å²) in [4.78, 5) is 2.65. The Kier molecular flexibility index (Phi) is 3.22. The molecule has 5 unspecified atom stereocenters. The minimum atomic E-state index is 0.181. The molecule has 0 bridgehead atoms. The quantitative estimate of drug-likeness (QED) is 0.175. The van der Waals surface area contributed by atoms with E-state index in [4.69, 9.17) is 0 Å². The average molecular weight is 674 g/mol. The first kappa shape index (κ1) is 24.9. The van der Waals surface area contributed by atoms with Gasteiger partial charge in [-0.2, -0.15) is 0 Å². The van der Waals surface area contributed by atoms with Gasteiger partial charge in [-0.05, 0) is 233 Å². The zero-order valence-corrected chi connectivity index (χ0v) is 29.8. The zero-order chi connectivity index (χ0) is 33.7. The molecule has 6 aliphatic rings. The number of fused-ring (bicyclic) bond motifs is 8. The van der Waals surface area contributed by atoms with E-state index in [-0.39, 0.29) is 6.04 Å². The fourth-order valence-corrected chi connectivity index (χ4v) is 16.3. The largest absolute Gasteiger partial charge is 0.508 e. The van der Waals surface area contributed by atoms with Gasteiger partial charge < -0.3 is 5.11 Å². The van der Waals surface area contributed by atoms with Gasteiger partial charge in [0.2, 0.25) is 0 Å². The highest BCUT2D eigenvalue weighted by atomic mass is 16.3. The normalized spacial score (nSPS) is 25.5. The lowest BCUT2D eigenvalue weighted by molar-refractivity contribution is 0.302. The third-order valence-corrected chi connectivity index (χ3v) is 17.7. The van der Waals surface area contributed by atoms with E-state index < -0.39 is 0 Å². The molecule has 1 N–H and O–H groups in total. The summed E-state index contributed by atoms with van der Waals surface area (Å²) in [6.45, 7) is 5.31. The number of hydrogen-bond acceptors (Lipinski definition) is 2. The SMILES string of the molecule is Cc1c(O)ccc(C2c3c(c4c5ccc6c7ccc8c9c%10c%11c%12c%13c%14c%15c%16c(c3C%15CCC%14C%12CCC8%11)c4c3c5c6c(c79)c4c%10c%13c%16c34)CN2C)c1C. The van der Waals surface area contributed by atoms with E-state index in [1.807, 2.05) is 17.2 Å². The molecule has 0 radical (unpaired) electrons. The average Bonchev–Trinajstić information content (AvgIpc) is 4.02. The van der Waals surface area contributed by atoms with Gasteiger partial charge in [-0.3, -0.25) is 4.90 Å². The Labute approximate surface area is 302 Å². The molecule has 18 rings (SSSR count). The molecule has 12 aromatic rings. The second-order valence-electron chi connectivity index (χ2n) is 18.9.